The summed E-state index contributed by atoms with van der Waals surface area (Å²) in [5.74, 6) is -0.220. The van der Waals surface area contributed by atoms with Crippen molar-refractivity contribution in [2.75, 3.05) is 7.11 Å². The second-order valence-electron chi connectivity index (χ2n) is 7.92. The minimum Gasteiger partial charge on any atom is -0.504 e. The van der Waals surface area contributed by atoms with Gasteiger partial charge in [-0.2, -0.15) is 0 Å². The van der Waals surface area contributed by atoms with Gasteiger partial charge in [-0.15, -0.1) is 0 Å². The molecule has 4 rings (SSSR count). The Bertz CT molecular complexity index is 1380. The summed E-state index contributed by atoms with van der Waals surface area (Å²) in [4.78, 5) is 24.7. The fourth-order valence-corrected chi connectivity index (χ4v) is 3.78. The van der Waals surface area contributed by atoms with E-state index in [1.807, 2.05) is 42.6 Å². The van der Waals surface area contributed by atoms with Crippen LogP contribution in [0.4, 0.5) is 0 Å². The van der Waals surface area contributed by atoms with Crippen molar-refractivity contribution in [3.63, 3.8) is 0 Å². The van der Waals surface area contributed by atoms with Crippen LogP contribution in [-0.2, 0) is 16.1 Å². The first-order valence-corrected chi connectivity index (χ1v) is 10.9. The number of aromatic nitrogens is 1. The first-order valence-electron chi connectivity index (χ1n) is 10.9. The molecule has 0 aliphatic heterocycles. The molecular formula is C29H25NO4. The highest BCUT2D eigenvalue weighted by Crippen LogP contribution is 2.27. The highest BCUT2D eigenvalue weighted by atomic mass is 16.5. The Morgan fingerprint density at radius 1 is 0.912 bits per heavy atom. The van der Waals surface area contributed by atoms with Gasteiger partial charge in [-0.25, -0.2) is 0 Å². The number of hydrogen-bond acceptors (Lipinski definition) is 4. The number of benzene rings is 3. The summed E-state index contributed by atoms with van der Waals surface area (Å²) in [5.41, 5.74) is 3.90. The number of methoxy groups -OCH3 is 1. The van der Waals surface area contributed by atoms with Gasteiger partial charge >= 0.3 is 0 Å². The molecule has 0 aliphatic carbocycles. The monoisotopic (exact) mass is 451 g/mol. The van der Waals surface area contributed by atoms with Crippen molar-refractivity contribution in [2.45, 2.75) is 13.0 Å². The SMILES string of the molecule is COc1cc(/C=C/C(=O)CC(=O)/C=C/c2cn(Cc3ccccc3)c3ccccc23)ccc1O. The van der Waals surface area contributed by atoms with Crippen molar-refractivity contribution in [1.29, 1.82) is 0 Å². The van der Waals surface area contributed by atoms with E-state index >= 15 is 0 Å². The minimum absolute atomic E-state index is 0.0245. The normalized spacial score (nSPS) is 11.4. The maximum absolute atomic E-state index is 12.4. The quantitative estimate of drug-likeness (QED) is 0.263. The van der Waals surface area contributed by atoms with Crippen molar-refractivity contribution in [3.8, 4) is 11.5 Å². The van der Waals surface area contributed by atoms with E-state index in [4.69, 9.17) is 4.74 Å². The van der Waals surface area contributed by atoms with Gasteiger partial charge in [-0.05, 0) is 47.6 Å². The number of phenols is 1. The summed E-state index contributed by atoms with van der Waals surface area (Å²) in [6.45, 7) is 0.731. The molecule has 0 spiro atoms. The predicted molar refractivity (Wildman–Crippen MR) is 135 cm³/mol. The van der Waals surface area contributed by atoms with Crippen molar-refractivity contribution in [2.24, 2.45) is 0 Å². The molecule has 0 unspecified atom stereocenters. The smallest absolute Gasteiger partial charge is 0.163 e. The maximum atomic E-state index is 12.4. The molecule has 0 aliphatic rings. The molecule has 1 N–H and O–H groups in total. The van der Waals surface area contributed by atoms with E-state index in [0.717, 1.165) is 23.0 Å². The van der Waals surface area contributed by atoms with Crippen LogP contribution in [0.5, 0.6) is 11.5 Å². The second kappa shape index (κ2) is 10.5. The van der Waals surface area contributed by atoms with Crippen LogP contribution in [0, 0.1) is 0 Å². The number of rotatable bonds is 9. The summed E-state index contributed by atoms with van der Waals surface area (Å²) >= 11 is 0. The Labute approximate surface area is 198 Å². The van der Waals surface area contributed by atoms with Crippen molar-refractivity contribution < 1.29 is 19.4 Å². The Kier molecular flexibility index (Phi) is 7.04. The second-order valence-corrected chi connectivity index (χ2v) is 7.92. The first kappa shape index (κ1) is 22.8. The molecule has 0 saturated heterocycles. The number of para-hydroxylation sites is 1. The largest absolute Gasteiger partial charge is 0.504 e. The number of aromatic hydroxyl groups is 1. The number of ketones is 2. The van der Waals surface area contributed by atoms with E-state index in [1.165, 1.54) is 30.9 Å². The third-order valence-corrected chi connectivity index (χ3v) is 5.48. The summed E-state index contributed by atoms with van der Waals surface area (Å²) in [7, 11) is 1.46. The van der Waals surface area contributed by atoms with Gasteiger partial charge in [-0.1, -0.05) is 60.7 Å². The molecule has 1 aromatic heterocycles. The lowest BCUT2D eigenvalue weighted by Gasteiger charge is -2.05. The van der Waals surface area contributed by atoms with E-state index in [-0.39, 0.29) is 23.7 Å². The molecule has 5 heteroatoms. The number of nitrogens with zero attached hydrogens (tertiary/aromatic N) is 1. The average molecular weight is 452 g/mol. The number of hydrogen-bond donors (Lipinski definition) is 1. The van der Waals surface area contributed by atoms with Crippen LogP contribution >= 0.6 is 0 Å². The van der Waals surface area contributed by atoms with Crippen LogP contribution in [0.25, 0.3) is 23.1 Å². The van der Waals surface area contributed by atoms with Crippen LogP contribution in [0.3, 0.4) is 0 Å². The first-order chi connectivity index (χ1) is 16.5. The fourth-order valence-electron chi connectivity index (χ4n) is 3.78. The molecular weight excluding hydrogens is 426 g/mol. The zero-order valence-corrected chi connectivity index (χ0v) is 18.8. The van der Waals surface area contributed by atoms with Gasteiger partial charge in [0.05, 0.1) is 13.5 Å². The summed E-state index contributed by atoms with van der Waals surface area (Å²) in [6, 6.07) is 23.0. The maximum Gasteiger partial charge on any atom is 0.163 e. The zero-order valence-electron chi connectivity index (χ0n) is 18.8. The van der Waals surface area contributed by atoms with Gasteiger partial charge in [0.1, 0.15) is 0 Å². The Morgan fingerprint density at radius 2 is 1.62 bits per heavy atom. The number of phenolic OH excluding ortho intramolecular Hbond substituents is 1. The average Bonchev–Trinajstić information content (AvgIpc) is 3.20. The lowest BCUT2D eigenvalue weighted by Crippen LogP contribution is -2.01. The molecule has 0 bridgehead atoms. The van der Waals surface area contributed by atoms with Crippen LogP contribution < -0.4 is 4.74 Å². The molecule has 5 nitrogen and oxygen atoms in total. The highest BCUT2D eigenvalue weighted by molar-refractivity contribution is 6.11. The van der Waals surface area contributed by atoms with E-state index in [0.29, 0.717) is 11.3 Å². The molecule has 1 heterocycles. The minimum atomic E-state index is -0.298. The van der Waals surface area contributed by atoms with Gasteiger partial charge in [0, 0.05) is 29.2 Å². The van der Waals surface area contributed by atoms with E-state index in [1.54, 1.807) is 24.3 Å². The molecule has 34 heavy (non-hydrogen) atoms. The fraction of sp³-hybridized carbons (Fsp3) is 0.103. The molecule has 170 valence electrons. The van der Waals surface area contributed by atoms with Gasteiger partial charge in [-0.3, -0.25) is 9.59 Å². The topological polar surface area (TPSA) is 68.5 Å². The van der Waals surface area contributed by atoms with Crippen LogP contribution in [0.15, 0.2) is 91.1 Å². The number of carbonyl (C=O) groups is 2. The third kappa shape index (κ3) is 5.51. The Morgan fingerprint density at radius 3 is 2.38 bits per heavy atom. The third-order valence-electron chi connectivity index (χ3n) is 5.48. The zero-order chi connectivity index (χ0) is 23.9. The Balaban J connectivity index is 1.44. The van der Waals surface area contributed by atoms with Gasteiger partial charge in [0.2, 0.25) is 0 Å². The van der Waals surface area contributed by atoms with Crippen LogP contribution in [0.2, 0.25) is 0 Å². The molecule has 0 atom stereocenters. The standard InChI is InChI=1S/C29H25NO4/c1-34-29-17-21(12-16-28(29)33)11-14-24(31)18-25(32)15-13-23-20-30(19-22-7-3-2-4-8-22)27-10-6-5-9-26(23)27/h2-17,20,33H,18-19H2,1H3/b14-11+,15-13+. The van der Waals surface area contributed by atoms with Crippen LogP contribution in [-0.4, -0.2) is 28.3 Å². The number of ether oxygens (including phenoxy) is 1. The Hall–Kier alpha value is -4.38. The lowest BCUT2D eigenvalue weighted by atomic mass is 10.1. The van der Waals surface area contributed by atoms with Gasteiger partial charge in [0.15, 0.2) is 23.1 Å². The molecule has 0 saturated carbocycles. The summed E-state index contributed by atoms with van der Waals surface area (Å²) < 4.78 is 7.22. The summed E-state index contributed by atoms with van der Waals surface area (Å²) in [5, 5.41) is 10.7. The molecule has 0 radical (unpaired) electrons. The number of carbonyl (C=O) groups excluding carboxylic acids is 2. The van der Waals surface area contributed by atoms with Crippen molar-refractivity contribution >= 4 is 34.6 Å². The van der Waals surface area contributed by atoms with Crippen molar-refractivity contribution in [1.82, 2.24) is 4.57 Å². The molecule has 4 aromatic rings. The highest BCUT2D eigenvalue weighted by Gasteiger charge is 2.09. The van der Waals surface area contributed by atoms with Gasteiger partial charge in [0.25, 0.3) is 0 Å². The van der Waals surface area contributed by atoms with Crippen LogP contribution in [0.1, 0.15) is 23.1 Å². The molecule has 3 aromatic carbocycles. The lowest BCUT2D eigenvalue weighted by molar-refractivity contribution is -0.121. The van der Waals surface area contributed by atoms with E-state index in [9.17, 15) is 14.7 Å². The predicted octanol–water partition coefficient (Wildman–Crippen LogP) is 5.66. The van der Waals surface area contributed by atoms with E-state index in [2.05, 4.69) is 22.8 Å². The number of fused-ring (bicyclic) bond motifs is 1. The van der Waals surface area contributed by atoms with Gasteiger partial charge < -0.3 is 14.4 Å². The van der Waals surface area contributed by atoms with Crippen molar-refractivity contribution in [3.05, 3.63) is 108 Å². The summed E-state index contributed by atoms with van der Waals surface area (Å²) in [6.07, 6.45) is 8.01. The number of allylic oxidation sites excluding steroid dienone is 2. The molecule has 0 amide bonds. The van der Waals surface area contributed by atoms with E-state index < -0.39 is 0 Å². The molecule has 0 fully saturated rings.